The maximum Gasteiger partial charge on any atom is 0.148 e. The van der Waals surface area contributed by atoms with Crippen LogP contribution in [0.5, 0.6) is 17.2 Å². The average molecular weight is 487 g/mol. The Hall–Kier alpha value is -2.37. The summed E-state index contributed by atoms with van der Waals surface area (Å²) in [5.74, 6) is 2.33. The van der Waals surface area contributed by atoms with Crippen molar-refractivity contribution >= 4 is 43.8 Å². The molecule has 0 aliphatic carbocycles. The Morgan fingerprint density at radius 3 is 2.15 bits per heavy atom. The van der Waals surface area contributed by atoms with Crippen molar-refractivity contribution in [1.82, 2.24) is 0 Å². The largest absolute Gasteiger partial charge is 0.487 e. The van der Waals surface area contributed by atoms with Crippen molar-refractivity contribution in [2.75, 3.05) is 6.61 Å². The van der Waals surface area contributed by atoms with Crippen molar-refractivity contribution in [3.05, 3.63) is 93.9 Å². The molecule has 3 aromatic carbocycles. The summed E-state index contributed by atoms with van der Waals surface area (Å²) in [5.41, 5.74) is 1.79. The highest BCUT2D eigenvalue weighted by Gasteiger charge is 2.07. The van der Waals surface area contributed by atoms with Crippen LogP contribution in [0.15, 0.2) is 93.3 Å². The van der Waals surface area contributed by atoms with Crippen LogP contribution in [0.2, 0.25) is 0 Å². The molecular formula is C22H17Br2NO2. The summed E-state index contributed by atoms with van der Waals surface area (Å²) in [5, 5.41) is 0. The molecule has 0 fully saturated rings. The van der Waals surface area contributed by atoms with E-state index in [1.54, 1.807) is 12.3 Å². The Kier molecular flexibility index (Phi) is 6.85. The van der Waals surface area contributed by atoms with Gasteiger partial charge in [-0.1, -0.05) is 30.9 Å². The normalized spacial score (nSPS) is 10.7. The number of ether oxygens (including phenoxy) is 2. The SMILES string of the molecule is C=CCOc1c(Br)cc(C=Nc2ccc(Oc3ccccc3)cc2)cc1Br. The minimum atomic E-state index is 0.446. The molecule has 0 radical (unpaired) electrons. The van der Waals surface area contributed by atoms with Crippen molar-refractivity contribution in [2.24, 2.45) is 4.99 Å². The predicted molar refractivity (Wildman–Crippen MR) is 118 cm³/mol. The molecule has 0 aliphatic heterocycles. The average Bonchev–Trinajstić information content (AvgIpc) is 2.68. The lowest BCUT2D eigenvalue weighted by molar-refractivity contribution is 0.358. The molecule has 0 aliphatic rings. The van der Waals surface area contributed by atoms with Gasteiger partial charge in [-0.25, -0.2) is 0 Å². The number of rotatable bonds is 7. The van der Waals surface area contributed by atoms with E-state index in [9.17, 15) is 0 Å². The third kappa shape index (κ3) is 5.55. The monoisotopic (exact) mass is 485 g/mol. The zero-order valence-corrected chi connectivity index (χ0v) is 17.6. The van der Waals surface area contributed by atoms with Crippen LogP contribution in [0.3, 0.4) is 0 Å². The van der Waals surface area contributed by atoms with Gasteiger partial charge in [0.2, 0.25) is 0 Å². The summed E-state index contributed by atoms with van der Waals surface area (Å²) >= 11 is 7.06. The molecule has 0 bridgehead atoms. The molecular weight excluding hydrogens is 470 g/mol. The molecule has 0 atom stereocenters. The van der Waals surface area contributed by atoms with Crippen molar-refractivity contribution in [3.8, 4) is 17.2 Å². The van der Waals surface area contributed by atoms with Gasteiger partial charge in [0.15, 0.2) is 0 Å². The molecule has 27 heavy (non-hydrogen) atoms. The first-order chi connectivity index (χ1) is 13.2. The molecule has 3 aromatic rings. The molecule has 5 heteroatoms. The molecule has 3 nitrogen and oxygen atoms in total. The van der Waals surface area contributed by atoms with Crippen LogP contribution in [0, 0.1) is 0 Å². The maximum absolute atomic E-state index is 5.79. The third-order valence-corrected chi connectivity index (χ3v) is 4.72. The van der Waals surface area contributed by atoms with Gasteiger partial charge in [-0.2, -0.15) is 0 Å². The topological polar surface area (TPSA) is 30.8 Å². The number of hydrogen-bond donors (Lipinski definition) is 0. The lowest BCUT2D eigenvalue weighted by Gasteiger charge is -2.09. The van der Waals surface area contributed by atoms with Gasteiger partial charge in [-0.15, -0.1) is 0 Å². The Morgan fingerprint density at radius 1 is 0.889 bits per heavy atom. The predicted octanol–water partition coefficient (Wildman–Crippen LogP) is 7.32. The summed E-state index contributed by atoms with van der Waals surface area (Å²) in [6.45, 7) is 4.11. The molecule has 0 unspecified atom stereocenters. The fraction of sp³-hybridized carbons (Fsp3) is 0.0455. The molecule has 0 saturated heterocycles. The first kappa shape index (κ1) is 19.4. The van der Waals surface area contributed by atoms with Crippen LogP contribution in [-0.2, 0) is 0 Å². The van der Waals surface area contributed by atoms with E-state index >= 15 is 0 Å². The first-order valence-corrected chi connectivity index (χ1v) is 9.84. The number of hydrogen-bond acceptors (Lipinski definition) is 3. The number of para-hydroxylation sites is 1. The summed E-state index contributed by atoms with van der Waals surface area (Å²) in [6.07, 6.45) is 3.51. The number of nitrogens with zero attached hydrogens (tertiary/aromatic N) is 1. The summed E-state index contributed by atoms with van der Waals surface area (Å²) in [4.78, 5) is 4.52. The number of benzene rings is 3. The van der Waals surface area contributed by atoms with Gasteiger partial charge >= 0.3 is 0 Å². The Labute approximate surface area is 175 Å². The fourth-order valence-corrected chi connectivity index (χ4v) is 3.76. The molecule has 0 aromatic heterocycles. The van der Waals surface area contributed by atoms with Crippen LogP contribution < -0.4 is 9.47 Å². The number of halogens is 2. The van der Waals surface area contributed by atoms with Gasteiger partial charge in [0.1, 0.15) is 23.9 Å². The van der Waals surface area contributed by atoms with Crippen molar-refractivity contribution in [1.29, 1.82) is 0 Å². The zero-order valence-electron chi connectivity index (χ0n) is 14.4. The third-order valence-electron chi connectivity index (χ3n) is 3.54. The van der Waals surface area contributed by atoms with E-state index in [1.807, 2.05) is 66.7 Å². The van der Waals surface area contributed by atoms with Gasteiger partial charge in [0.05, 0.1) is 14.6 Å². The lowest BCUT2D eigenvalue weighted by Crippen LogP contribution is -1.96. The van der Waals surface area contributed by atoms with E-state index < -0.39 is 0 Å². The van der Waals surface area contributed by atoms with E-state index in [0.29, 0.717) is 6.61 Å². The van der Waals surface area contributed by atoms with Crippen molar-refractivity contribution in [2.45, 2.75) is 0 Å². The number of aliphatic imine (C=N–C) groups is 1. The van der Waals surface area contributed by atoms with Gasteiger partial charge in [-0.05, 0) is 86.0 Å². The van der Waals surface area contributed by atoms with E-state index in [1.165, 1.54) is 0 Å². The summed E-state index contributed by atoms with van der Waals surface area (Å²) in [7, 11) is 0. The standard InChI is InChI=1S/C22H17Br2NO2/c1-2-12-26-22-20(23)13-16(14-21(22)24)15-25-17-8-10-19(11-9-17)27-18-6-4-3-5-7-18/h2-11,13-15H,1,12H2. The van der Waals surface area contributed by atoms with Gasteiger partial charge in [0.25, 0.3) is 0 Å². The van der Waals surface area contributed by atoms with Gasteiger partial charge in [0, 0.05) is 6.21 Å². The smallest absolute Gasteiger partial charge is 0.148 e. The molecule has 0 heterocycles. The molecule has 0 saturated carbocycles. The highest BCUT2D eigenvalue weighted by Crippen LogP contribution is 2.34. The zero-order chi connectivity index (χ0) is 19.1. The van der Waals surface area contributed by atoms with E-state index in [-0.39, 0.29) is 0 Å². The fourth-order valence-electron chi connectivity index (χ4n) is 2.31. The van der Waals surface area contributed by atoms with Crippen LogP contribution in [0.4, 0.5) is 5.69 Å². The Morgan fingerprint density at radius 2 is 1.52 bits per heavy atom. The van der Waals surface area contributed by atoms with Crippen LogP contribution in [0.25, 0.3) is 0 Å². The van der Waals surface area contributed by atoms with E-state index in [2.05, 4.69) is 43.4 Å². The van der Waals surface area contributed by atoms with Crippen molar-refractivity contribution < 1.29 is 9.47 Å². The highest BCUT2D eigenvalue weighted by atomic mass is 79.9. The van der Waals surface area contributed by atoms with Gasteiger partial charge in [-0.3, -0.25) is 4.99 Å². The second-order valence-electron chi connectivity index (χ2n) is 5.58. The van der Waals surface area contributed by atoms with E-state index in [4.69, 9.17) is 9.47 Å². The minimum Gasteiger partial charge on any atom is -0.487 e. The summed E-state index contributed by atoms with van der Waals surface area (Å²) < 4.78 is 13.1. The second kappa shape index (κ2) is 9.53. The highest BCUT2D eigenvalue weighted by molar-refractivity contribution is 9.11. The van der Waals surface area contributed by atoms with Crippen LogP contribution >= 0.6 is 31.9 Å². The molecule has 0 spiro atoms. The molecule has 0 N–H and O–H groups in total. The van der Waals surface area contributed by atoms with Crippen molar-refractivity contribution in [3.63, 3.8) is 0 Å². The van der Waals surface area contributed by atoms with Crippen LogP contribution in [-0.4, -0.2) is 12.8 Å². The molecule has 0 amide bonds. The Bertz CT molecular complexity index is 915. The first-order valence-electron chi connectivity index (χ1n) is 8.25. The minimum absolute atomic E-state index is 0.446. The van der Waals surface area contributed by atoms with Crippen LogP contribution in [0.1, 0.15) is 5.56 Å². The Balaban J connectivity index is 1.69. The maximum atomic E-state index is 5.79. The molecule has 3 rings (SSSR count). The lowest BCUT2D eigenvalue weighted by atomic mass is 10.2. The van der Waals surface area contributed by atoms with Gasteiger partial charge < -0.3 is 9.47 Å². The second-order valence-corrected chi connectivity index (χ2v) is 7.29. The molecule has 136 valence electrons. The van der Waals surface area contributed by atoms with E-state index in [0.717, 1.165) is 37.4 Å². The summed E-state index contributed by atoms with van der Waals surface area (Å²) in [6, 6.07) is 21.2. The quantitative estimate of drug-likeness (QED) is 0.258.